The lowest BCUT2D eigenvalue weighted by Crippen LogP contribution is -2.28. The lowest BCUT2D eigenvalue weighted by molar-refractivity contribution is 0.0793. The van der Waals surface area contributed by atoms with Crippen molar-refractivity contribution in [2.24, 2.45) is 0 Å². The zero-order valence-electron chi connectivity index (χ0n) is 13.1. The standard InChI is InChI=1S/C19H16FN3O/c20-15-6-5-13-10-14(12-22-17(13)11-15)18-16(4-3-7-21-18)19(24)23-8-1-2-9-23/h3-7,10-12H,1-2,8-9H2. The number of benzene rings is 1. The van der Waals surface area contributed by atoms with Crippen LogP contribution in [0.3, 0.4) is 0 Å². The number of amides is 1. The van der Waals surface area contributed by atoms with Crippen molar-refractivity contribution < 1.29 is 9.18 Å². The van der Waals surface area contributed by atoms with E-state index in [0.717, 1.165) is 36.9 Å². The van der Waals surface area contributed by atoms with Crippen molar-refractivity contribution in [2.45, 2.75) is 12.8 Å². The highest BCUT2D eigenvalue weighted by Crippen LogP contribution is 2.26. The minimum absolute atomic E-state index is 0.00908. The summed E-state index contributed by atoms with van der Waals surface area (Å²) < 4.78 is 13.3. The van der Waals surface area contributed by atoms with Gasteiger partial charge in [0.1, 0.15) is 5.82 Å². The average molecular weight is 321 g/mol. The third-order valence-electron chi connectivity index (χ3n) is 4.35. The molecule has 1 fully saturated rings. The summed E-state index contributed by atoms with van der Waals surface area (Å²) in [5.74, 6) is -0.305. The highest BCUT2D eigenvalue weighted by Gasteiger charge is 2.23. The zero-order valence-corrected chi connectivity index (χ0v) is 13.1. The SMILES string of the molecule is O=C(c1cccnc1-c1cnc2cc(F)ccc2c1)N1CCCC1. The Kier molecular flexibility index (Phi) is 3.69. The van der Waals surface area contributed by atoms with E-state index in [1.165, 1.54) is 12.1 Å². The second-order valence-corrected chi connectivity index (χ2v) is 5.96. The van der Waals surface area contributed by atoms with Crippen molar-refractivity contribution in [3.8, 4) is 11.3 Å². The van der Waals surface area contributed by atoms with E-state index in [9.17, 15) is 9.18 Å². The number of carbonyl (C=O) groups is 1. The van der Waals surface area contributed by atoms with E-state index in [0.29, 0.717) is 16.8 Å². The van der Waals surface area contributed by atoms with Crippen LogP contribution in [-0.4, -0.2) is 33.9 Å². The predicted molar refractivity (Wildman–Crippen MR) is 90.1 cm³/mol. The number of likely N-dealkylation sites (tertiary alicyclic amines) is 1. The van der Waals surface area contributed by atoms with Crippen molar-refractivity contribution in [1.29, 1.82) is 0 Å². The maximum absolute atomic E-state index is 13.3. The number of hydrogen-bond acceptors (Lipinski definition) is 3. The molecule has 5 heteroatoms. The molecule has 1 saturated heterocycles. The van der Waals surface area contributed by atoms with E-state index in [-0.39, 0.29) is 11.7 Å². The molecule has 1 aliphatic heterocycles. The molecule has 3 aromatic rings. The fourth-order valence-electron chi connectivity index (χ4n) is 3.12. The Hall–Kier alpha value is -2.82. The molecule has 4 nitrogen and oxygen atoms in total. The van der Waals surface area contributed by atoms with Gasteiger partial charge in [-0.05, 0) is 43.2 Å². The molecule has 1 aliphatic rings. The van der Waals surface area contributed by atoms with Crippen LogP contribution in [0.4, 0.5) is 4.39 Å². The lowest BCUT2D eigenvalue weighted by atomic mass is 10.0. The number of hydrogen-bond donors (Lipinski definition) is 0. The number of aromatic nitrogens is 2. The Bertz CT molecular complexity index is 919. The molecule has 0 N–H and O–H groups in total. The van der Waals surface area contributed by atoms with E-state index >= 15 is 0 Å². The number of fused-ring (bicyclic) bond motifs is 1. The first-order chi connectivity index (χ1) is 11.7. The van der Waals surface area contributed by atoms with Gasteiger partial charge in [0.25, 0.3) is 5.91 Å². The summed E-state index contributed by atoms with van der Waals surface area (Å²) in [6.45, 7) is 1.59. The number of rotatable bonds is 2. The van der Waals surface area contributed by atoms with Crippen LogP contribution < -0.4 is 0 Å². The monoisotopic (exact) mass is 321 g/mol. The minimum Gasteiger partial charge on any atom is -0.339 e. The third kappa shape index (κ3) is 2.62. The van der Waals surface area contributed by atoms with E-state index in [1.807, 2.05) is 11.0 Å². The van der Waals surface area contributed by atoms with Gasteiger partial charge in [-0.15, -0.1) is 0 Å². The van der Waals surface area contributed by atoms with Crippen molar-refractivity contribution in [3.05, 3.63) is 60.2 Å². The van der Waals surface area contributed by atoms with Crippen LogP contribution >= 0.6 is 0 Å². The Morgan fingerprint density at radius 3 is 2.75 bits per heavy atom. The maximum Gasteiger partial charge on any atom is 0.256 e. The number of nitrogens with zero attached hydrogens (tertiary/aromatic N) is 3. The molecular formula is C19H16FN3O. The van der Waals surface area contributed by atoms with Crippen molar-refractivity contribution in [1.82, 2.24) is 14.9 Å². The fraction of sp³-hybridized carbons (Fsp3) is 0.211. The summed E-state index contributed by atoms with van der Waals surface area (Å²) >= 11 is 0. The third-order valence-corrected chi connectivity index (χ3v) is 4.35. The molecular weight excluding hydrogens is 305 g/mol. The second kappa shape index (κ2) is 6.00. The molecule has 24 heavy (non-hydrogen) atoms. The zero-order chi connectivity index (χ0) is 16.5. The molecule has 0 saturated carbocycles. The van der Waals surface area contributed by atoms with E-state index in [2.05, 4.69) is 9.97 Å². The smallest absolute Gasteiger partial charge is 0.256 e. The van der Waals surface area contributed by atoms with Gasteiger partial charge in [-0.1, -0.05) is 0 Å². The molecule has 0 radical (unpaired) electrons. The first-order valence-corrected chi connectivity index (χ1v) is 8.02. The number of pyridine rings is 2. The second-order valence-electron chi connectivity index (χ2n) is 5.96. The summed E-state index contributed by atoms with van der Waals surface area (Å²) in [6.07, 6.45) is 5.41. The Morgan fingerprint density at radius 1 is 1.08 bits per heavy atom. The first-order valence-electron chi connectivity index (χ1n) is 8.02. The van der Waals surface area contributed by atoms with Crippen molar-refractivity contribution in [3.63, 3.8) is 0 Å². The van der Waals surface area contributed by atoms with E-state index in [1.54, 1.807) is 30.6 Å². The normalized spacial score (nSPS) is 14.3. The summed E-state index contributed by atoms with van der Waals surface area (Å²) in [5.41, 5.74) is 2.55. The van der Waals surface area contributed by atoms with Crippen LogP contribution in [0.5, 0.6) is 0 Å². The first kappa shape index (κ1) is 14.8. The molecule has 1 aromatic carbocycles. The Balaban J connectivity index is 1.79. The molecule has 4 rings (SSSR count). The lowest BCUT2D eigenvalue weighted by Gasteiger charge is -2.17. The van der Waals surface area contributed by atoms with Gasteiger partial charge >= 0.3 is 0 Å². The molecule has 0 spiro atoms. The Morgan fingerprint density at radius 2 is 1.92 bits per heavy atom. The van der Waals surface area contributed by atoms with Crippen molar-refractivity contribution in [2.75, 3.05) is 13.1 Å². The minimum atomic E-state index is -0.314. The van der Waals surface area contributed by atoms with E-state index in [4.69, 9.17) is 0 Å². The molecule has 1 amide bonds. The van der Waals surface area contributed by atoms with Crippen LogP contribution in [0.1, 0.15) is 23.2 Å². The Labute approximate surface area is 139 Å². The van der Waals surface area contributed by atoms with E-state index < -0.39 is 0 Å². The van der Waals surface area contributed by atoms with Crippen LogP contribution in [0.15, 0.2) is 48.8 Å². The maximum atomic E-state index is 13.3. The van der Waals surface area contributed by atoms with Gasteiger partial charge < -0.3 is 4.90 Å². The molecule has 0 bridgehead atoms. The predicted octanol–water partition coefficient (Wildman–Crippen LogP) is 3.67. The van der Waals surface area contributed by atoms with Gasteiger partial charge in [0.2, 0.25) is 0 Å². The van der Waals surface area contributed by atoms with Gasteiger partial charge in [0, 0.05) is 42.5 Å². The molecule has 0 unspecified atom stereocenters. The van der Waals surface area contributed by atoms with Gasteiger partial charge in [0.15, 0.2) is 0 Å². The number of carbonyl (C=O) groups excluding carboxylic acids is 1. The van der Waals surface area contributed by atoms with Crippen LogP contribution in [0.2, 0.25) is 0 Å². The fourth-order valence-corrected chi connectivity index (χ4v) is 3.12. The van der Waals surface area contributed by atoms with Gasteiger partial charge in [0.05, 0.1) is 16.8 Å². The summed E-state index contributed by atoms with van der Waals surface area (Å²) in [5, 5.41) is 0.819. The average Bonchev–Trinajstić information content (AvgIpc) is 3.15. The largest absolute Gasteiger partial charge is 0.339 e. The molecule has 120 valence electrons. The highest BCUT2D eigenvalue weighted by atomic mass is 19.1. The van der Waals surface area contributed by atoms with Crippen LogP contribution in [-0.2, 0) is 0 Å². The van der Waals surface area contributed by atoms with Crippen molar-refractivity contribution >= 4 is 16.8 Å². The molecule has 2 aromatic heterocycles. The summed E-state index contributed by atoms with van der Waals surface area (Å²) in [7, 11) is 0. The van der Waals surface area contributed by atoms with Crippen LogP contribution in [0.25, 0.3) is 22.2 Å². The van der Waals surface area contributed by atoms with Gasteiger partial charge in [-0.2, -0.15) is 0 Å². The van der Waals surface area contributed by atoms with Gasteiger partial charge in [-0.3, -0.25) is 14.8 Å². The quantitative estimate of drug-likeness (QED) is 0.723. The molecule has 0 atom stereocenters. The molecule has 3 heterocycles. The summed E-state index contributed by atoms with van der Waals surface area (Å²) in [6, 6.07) is 9.96. The molecule has 0 aliphatic carbocycles. The summed E-state index contributed by atoms with van der Waals surface area (Å²) in [4.78, 5) is 23.3. The highest BCUT2D eigenvalue weighted by molar-refractivity contribution is 6.00. The number of halogens is 1. The van der Waals surface area contributed by atoms with Crippen LogP contribution in [0, 0.1) is 5.82 Å². The van der Waals surface area contributed by atoms with Gasteiger partial charge in [-0.25, -0.2) is 4.39 Å². The topological polar surface area (TPSA) is 46.1 Å².